The Kier molecular flexibility index (Phi) is 3.73. The molecule has 0 aliphatic carbocycles. The van der Waals surface area contributed by atoms with Gasteiger partial charge in [0, 0.05) is 12.2 Å². The normalized spacial score (nSPS) is 22.5. The molecular weight excluding hydrogens is 336 g/mol. The highest BCUT2D eigenvalue weighted by molar-refractivity contribution is 8.14. The minimum atomic E-state index is -1.22. The first kappa shape index (κ1) is 15.7. The number of imide groups is 1. The van der Waals surface area contributed by atoms with Crippen molar-refractivity contribution in [2.45, 2.75) is 11.9 Å². The summed E-state index contributed by atoms with van der Waals surface area (Å²) in [5.74, 6) is -0.308. The number of carbonyl (C=O) groups excluding carboxylic acids is 2. The van der Waals surface area contributed by atoms with Crippen LogP contribution in [0.2, 0.25) is 0 Å². The number of thioether (sulfide) groups is 1. The van der Waals surface area contributed by atoms with Gasteiger partial charge in [0.2, 0.25) is 0 Å². The van der Waals surface area contributed by atoms with Gasteiger partial charge < -0.3 is 0 Å². The van der Waals surface area contributed by atoms with Gasteiger partial charge in [0.05, 0.1) is 11.2 Å². The lowest BCUT2D eigenvalue weighted by Gasteiger charge is -2.36. The van der Waals surface area contributed by atoms with Crippen LogP contribution in [-0.2, 0) is 4.79 Å². The minimum absolute atomic E-state index is 0.308. The third kappa shape index (κ3) is 2.16. The van der Waals surface area contributed by atoms with Crippen LogP contribution in [0, 0.1) is 0 Å². The molecule has 0 aromatic heterocycles. The molecule has 126 valence electrons. The van der Waals surface area contributed by atoms with Gasteiger partial charge in [0.1, 0.15) is 0 Å². The highest BCUT2D eigenvalue weighted by atomic mass is 32.2. The van der Waals surface area contributed by atoms with E-state index in [1.54, 1.807) is 22.7 Å². The van der Waals surface area contributed by atoms with Crippen LogP contribution in [-0.4, -0.2) is 34.0 Å². The standard InChI is InChI=1S/C18H16N4O2S/c1-2-20-18(25-13-19-20)16(23)21(14-9-5-3-6-10-14)17(24)22(18)15-11-7-4-8-12-15/h3-13H,2H2,1H3/t18-/m1/s1. The maximum Gasteiger partial charge on any atom is 0.339 e. The molecule has 0 saturated carbocycles. The van der Waals surface area contributed by atoms with E-state index < -0.39 is 4.99 Å². The Morgan fingerprint density at radius 2 is 1.56 bits per heavy atom. The number of benzene rings is 2. The SMILES string of the molecule is CCN1N=CS[C@]12C(=O)N(c1ccccc1)C(=O)N2c1ccccc1. The van der Waals surface area contributed by atoms with Crippen LogP contribution in [0.15, 0.2) is 65.8 Å². The Bertz CT molecular complexity index is 843. The maximum atomic E-state index is 13.4. The van der Waals surface area contributed by atoms with E-state index in [2.05, 4.69) is 5.10 Å². The molecule has 1 atom stereocenters. The third-order valence-electron chi connectivity index (χ3n) is 4.25. The number of para-hydroxylation sites is 2. The van der Waals surface area contributed by atoms with Crippen molar-refractivity contribution in [3.05, 3.63) is 60.7 Å². The summed E-state index contributed by atoms with van der Waals surface area (Å²) in [6.45, 7) is 2.42. The van der Waals surface area contributed by atoms with Crippen LogP contribution >= 0.6 is 11.8 Å². The number of carbonyl (C=O) groups is 2. The molecular formula is C18H16N4O2S. The third-order valence-corrected chi connectivity index (χ3v) is 5.35. The summed E-state index contributed by atoms with van der Waals surface area (Å²) in [4.78, 5) is 28.2. The number of hydrogen-bond donors (Lipinski definition) is 0. The number of amides is 3. The second-order valence-electron chi connectivity index (χ2n) is 5.59. The summed E-state index contributed by atoms with van der Waals surface area (Å²) >= 11 is 1.25. The molecule has 6 nitrogen and oxygen atoms in total. The van der Waals surface area contributed by atoms with Crippen molar-refractivity contribution in [3.63, 3.8) is 0 Å². The van der Waals surface area contributed by atoms with Gasteiger partial charge in [-0.05, 0) is 43.0 Å². The molecule has 0 N–H and O–H groups in total. The summed E-state index contributed by atoms with van der Waals surface area (Å²) in [7, 11) is 0. The Morgan fingerprint density at radius 1 is 0.960 bits per heavy atom. The first-order chi connectivity index (χ1) is 12.2. The number of urea groups is 1. The summed E-state index contributed by atoms with van der Waals surface area (Å²) in [5.41, 5.74) is 2.84. The van der Waals surface area contributed by atoms with E-state index in [9.17, 15) is 9.59 Å². The number of hydrazone groups is 1. The lowest BCUT2D eigenvalue weighted by molar-refractivity contribution is -0.122. The molecule has 2 aromatic rings. The van der Waals surface area contributed by atoms with Crippen LogP contribution in [0.5, 0.6) is 0 Å². The lowest BCUT2D eigenvalue weighted by Crippen LogP contribution is -2.56. The number of hydrogen-bond acceptors (Lipinski definition) is 5. The fourth-order valence-corrected chi connectivity index (χ4v) is 4.23. The van der Waals surface area contributed by atoms with Crippen LogP contribution in [0.4, 0.5) is 16.2 Å². The highest BCUT2D eigenvalue weighted by Crippen LogP contribution is 2.46. The van der Waals surface area contributed by atoms with Crippen molar-refractivity contribution in [1.29, 1.82) is 0 Å². The summed E-state index contributed by atoms with van der Waals surface area (Å²) in [6, 6.07) is 17.8. The molecule has 2 heterocycles. The zero-order chi connectivity index (χ0) is 17.4. The van der Waals surface area contributed by atoms with Gasteiger partial charge in [-0.25, -0.2) is 9.69 Å². The van der Waals surface area contributed by atoms with Crippen molar-refractivity contribution in [1.82, 2.24) is 5.01 Å². The lowest BCUT2D eigenvalue weighted by atomic mass is 10.2. The van der Waals surface area contributed by atoms with Gasteiger partial charge in [-0.3, -0.25) is 14.7 Å². The molecule has 7 heteroatoms. The maximum absolute atomic E-state index is 13.4. The fraction of sp³-hybridized carbons (Fsp3) is 0.167. The molecule has 3 amide bonds. The van der Waals surface area contributed by atoms with Crippen LogP contribution < -0.4 is 9.80 Å². The number of nitrogens with zero attached hydrogens (tertiary/aromatic N) is 4. The van der Waals surface area contributed by atoms with Crippen molar-refractivity contribution in [2.24, 2.45) is 5.10 Å². The Balaban J connectivity index is 1.89. The van der Waals surface area contributed by atoms with Gasteiger partial charge in [0.25, 0.3) is 10.9 Å². The van der Waals surface area contributed by atoms with Gasteiger partial charge in [-0.2, -0.15) is 5.10 Å². The Hall–Kier alpha value is -2.80. The average molecular weight is 352 g/mol. The predicted molar refractivity (Wildman–Crippen MR) is 99.4 cm³/mol. The average Bonchev–Trinajstić information content (AvgIpc) is 3.17. The smallest absolute Gasteiger partial charge is 0.268 e. The largest absolute Gasteiger partial charge is 0.339 e. The Morgan fingerprint density at radius 3 is 2.16 bits per heavy atom. The van der Waals surface area contributed by atoms with Crippen LogP contribution in [0.1, 0.15) is 6.92 Å². The van der Waals surface area contributed by atoms with Gasteiger partial charge in [0.15, 0.2) is 0 Å². The molecule has 1 fully saturated rings. The quantitative estimate of drug-likeness (QED) is 0.795. The Labute approximate surface area is 149 Å². The summed E-state index contributed by atoms with van der Waals surface area (Å²) in [6.07, 6.45) is 0. The molecule has 1 spiro atoms. The van der Waals surface area contributed by atoms with Gasteiger partial charge in [-0.1, -0.05) is 36.4 Å². The van der Waals surface area contributed by atoms with Gasteiger partial charge >= 0.3 is 6.03 Å². The molecule has 2 aliphatic rings. The van der Waals surface area contributed by atoms with E-state index in [4.69, 9.17) is 0 Å². The van der Waals surface area contributed by atoms with Crippen LogP contribution in [0.3, 0.4) is 0 Å². The van der Waals surface area contributed by atoms with Crippen molar-refractivity contribution < 1.29 is 9.59 Å². The minimum Gasteiger partial charge on any atom is -0.268 e. The predicted octanol–water partition coefficient (Wildman–Crippen LogP) is 3.33. The molecule has 2 aromatic carbocycles. The summed E-state index contributed by atoms with van der Waals surface area (Å²) in [5, 5.41) is 5.97. The van der Waals surface area contributed by atoms with Crippen molar-refractivity contribution >= 4 is 40.6 Å². The van der Waals surface area contributed by atoms with E-state index >= 15 is 0 Å². The molecule has 1 saturated heterocycles. The van der Waals surface area contributed by atoms with E-state index in [1.807, 2.05) is 55.5 Å². The number of likely N-dealkylation sites (N-methyl/N-ethyl adjacent to an activating group) is 1. The van der Waals surface area contributed by atoms with E-state index in [0.717, 1.165) is 0 Å². The van der Waals surface area contributed by atoms with E-state index in [1.165, 1.54) is 21.6 Å². The van der Waals surface area contributed by atoms with E-state index in [0.29, 0.717) is 17.9 Å². The molecule has 4 rings (SSSR count). The first-order valence-electron chi connectivity index (χ1n) is 7.97. The van der Waals surface area contributed by atoms with Gasteiger partial charge in [-0.15, -0.1) is 0 Å². The summed E-state index contributed by atoms with van der Waals surface area (Å²) < 4.78 is 0. The molecule has 25 heavy (non-hydrogen) atoms. The molecule has 0 bridgehead atoms. The number of anilines is 2. The second kappa shape index (κ2) is 5.93. The van der Waals surface area contributed by atoms with Crippen molar-refractivity contribution in [2.75, 3.05) is 16.3 Å². The fourth-order valence-electron chi connectivity index (χ4n) is 3.14. The van der Waals surface area contributed by atoms with E-state index in [-0.39, 0.29) is 11.9 Å². The molecule has 2 aliphatic heterocycles. The van der Waals surface area contributed by atoms with Crippen LogP contribution in [0.25, 0.3) is 0 Å². The molecule has 0 unspecified atom stereocenters. The highest BCUT2D eigenvalue weighted by Gasteiger charge is 2.64. The molecule has 0 radical (unpaired) electrons. The van der Waals surface area contributed by atoms with Crippen molar-refractivity contribution in [3.8, 4) is 0 Å². The zero-order valence-corrected chi connectivity index (χ0v) is 14.4. The topological polar surface area (TPSA) is 56.2 Å². The second-order valence-corrected chi connectivity index (χ2v) is 6.61. The monoisotopic (exact) mass is 352 g/mol. The number of rotatable bonds is 3. The zero-order valence-electron chi connectivity index (χ0n) is 13.6. The first-order valence-corrected chi connectivity index (χ1v) is 8.85.